The van der Waals surface area contributed by atoms with Crippen molar-refractivity contribution in [3.05, 3.63) is 10.2 Å². The van der Waals surface area contributed by atoms with Gasteiger partial charge in [0.1, 0.15) is 6.10 Å². The van der Waals surface area contributed by atoms with Crippen molar-refractivity contribution in [1.82, 2.24) is 19.5 Å². The van der Waals surface area contributed by atoms with Gasteiger partial charge in [-0.2, -0.15) is 0 Å². The van der Waals surface area contributed by atoms with Gasteiger partial charge >= 0.3 is 0 Å². The SMILES string of the molecule is OC[C@@]12C[C@@H]1[C@@H](n1cnc3c(N[C@@H](C4CCC4)C4CC4)nc(I)nc31)[C@H](O)[C@@H]2O. The van der Waals surface area contributed by atoms with Gasteiger partial charge in [0, 0.05) is 34.0 Å². The van der Waals surface area contributed by atoms with Gasteiger partial charge in [0.15, 0.2) is 20.8 Å². The normalized spacial score (nSPS) is 37.4. The van der Waals surface area contributed by atoms with E-state index in [9.17, 15) is 15.3 Å². The van der Waals surface area contributed by atoms with Gasteiger partial charge in [0.05, 0.1) is 25.1 Å². The minimum Gasteiger partial charge on any atom is -0.396 e. The van der Waals surface area contributed by atoms with Crippen LogP contribution in [0.4, 0.5) is 5.82 Å². The van der Waals surface area contributed by atoms with Gasteiger partial charge in [-0.3, -0.25) is 0 Å². The lowest BCUT2D eigenvalue weighted by atomic mass is 9.78. The molecule has 4 aliphatic rings. The largest absolute Gasteiger partial charge is 0.396 e. The van der Waals surface area contributed by atoms with Crippen LogP contribution in [-0.4, -0.2) is 59.7 Å². The third-order valence-corrected chi connectivity index (χ3v) is 8.44. The number of aliphatic hydroxyl groups is 3. The molecule has 6 rings (SSSR count). The van der Waals surface area contributed by atoms with Crippen molar-refractivity contribution in [2.24, 2.45) is 23.2 Å². The summed E-state index contributed by atoms with van der Waals surface area (Å²) in [5.41, 5.74) is 0.828. The summed E-state index contributed by atoms with van der Waals surface area (Å²) in [5.74, 6) is 2.26. The molecule has 8 nitrogen and oxygen atoms in total. The molecule has 4 N–H and O–H groups in total. The Morgan fingerprint density at radius 3 is 2.59 bits per heavy atom. The molecule has 0 bridgehead atoms. The van der Waals surface area contributed by atoms with E-state index >= 15 is 0 Å². The summed E-state index contributed by atoms with van der Waals surface area (Å²) in [5, 5.41) is 34.7. The van der Waals surface area contributed by atoms with Gasteiger partial charge in [0.2, 0.25) is 0 Å². The average molecular weight is 511 g/mol. The fourth-order valence-corrected chi connectivity index (χ4v) is 6.26. The monoisotopic (exact) mass is 511 g/mol. The van der Waals surface area contributed by atoms with Gasteiger partial charge in [-0.15, -0.1) is 0 Å². The van der Waals surface area contributed by atoms with Crippen LogP contribution >= 0.6 is 22.6 Å². The quantitative estimate of drug-likeness (QED) is 0.345. The maximum Gasteiger partial charge on any atom is 0.194 e. The lowest BCUT2D eigenvalue weighted by Gasteiger charge is -2.35. The molecule has 0 aliphatic heterocycles. The predicted octanol–water partition coefficient (Wildman–Crippen LogP) is 1.70. The number of nitrogens with one attached hydrogen (secondary N) is 1. The molecule has 0 unspecified atom stereocenters. The number of aromatic nitrogens is 4. The van der Waals surface area contributed by atoms with Crippen LogP contribution < -0.4 is 5.32 Å². The molecule has 29 heavy (non-hydrogen) atoms. The standard InChI is InChI=1S/C20H26IN5O3/c21-19-24-17(23-12(10-4-5-10)9-2-1-3-9)13-18(25-19)26(8-22-13)14-11-6-20(11,7-27)16(29)15(14)28/h8-12,14-16,27-29H,1-7H2,(H,23,24,25)/t11-,12+,14-,15+,16+,20+/m1/s1. The minimum absolute atomic E-state index is 0.0353. The number of hydrogen-bond acceptors (Lipinski definition) is 7. The second kappa shape index (κ2) is 6.48. The molecule has 6 atom stereocenters. The van der Waals surface area contributed by atoms with E-state index in [0.29, 0.717) is 21.9 Å². The zero-order valence-corrected chi connectivity index (χ0v) is 18.2. The average Bonchev–Trinajstić information content (AvgIpc) is 3.56. The fraction of sp³-hybridized carbons (Fsp3) is 0.750. The molecule has 2 heterocycles. The first-order chi connectivity index (χ1) is 14.0. The molecular weight excluding hydrogens is 485 g/mol. The third kappa shape index (κ3) is 2.69. The Kier molecular flexibility index (Phi) is 4.18. The van der Waals surface area contributed by atoms with Crippen LogP contribution in [0.25, 0.3) is 11.2 Å². The smallest absolute Gasteiger partial charge is 0.194 e. The number of nitrogens with zero attached hydrogens (tertiary/aromatic N) is 4. The Labute approximate surface area is 182 Å². The van der Waals surface area contributed by atoms with Gasteiger partial charge < -0.3 is 25.2 Å². The van der Waals surface area contributed by atoms with E-state index < -0.39 is 17.6 Å². The highest BCUT2D eigenvalue weighted by Gasteiger charge is 2.71. The van der Waals surface area contributed by atoms with Crippen LogP contribution in [0.3, 0.4) is 0 Å². The molecule has 4 saturated carbocycles. The summed E-state index contributed by atoms with van der Waals surface area (Å²) in [6.45, 7) is -0.108. The van der Waals surface area contributed by atoms with Crippen LogP contribution in [0, 0.1) is 27.0 Å². The lowest BCUT2D eigenvalue weighted by Crippen LogP contribution is -2.36. The zero-order chi connectivity index (χ0) is 19.9. The van der Waals surface area contributed by atoms with Gasteiger partial charge in [-0.1, -0.05) is 6.42 Å². The van der Waals surface area contributed by atoms with Gasteiger partial charge in [-0.25, -0.2) is 15.0 Å². The molecule has 2 aromatic heterocycles. The fourth-order valence-electron chi connectivity index (χ4n) is 5.79. The summed E-state index contributed by atoms with van der Waals surface area (Å²) >= 11 is 2.13. The first-order valence-corrected chi connectivity index (χ1v) is 11.7. The van der Waals surface area contributed by atoms with Crippen LogP contribution in [0.15, 0.2) is 6.33 Å². The predicted molar refractivity (Wildman–Crippen MR) is 114 cm³/mol. The summed E-state index contributed by atoms with van der Waals surface area (Å²) in [6.07, 6.45) is 7.02. The van der Waals surface area contributed by atoms with Crippen LogP contribution in [-0.2, 0) is 0 Å². The molecule has 0 aromatic carbocycles. The molecule has 156 valence electrons. The second-order valence-electron chi connectivity index (χ2n) is 9.49. The summed E-state index contributed by atoms with van der Waals surface area (Å²) in [4.78, 5) is 13.9. The molecule has 0 radical (unpaired) electrons. The van der Waals surface area contributed by atoms with Crippen LogP contribution in [0.2, 0.25) is 0 Å². The van der Waals surface area contributed by atoms with Crippen LogP contribution in [0.1, 0.15) is 44.6 Å². The zero-order valence-electron chi connectivity index (χ0n) is 16.1. The number of fused-ring (bicyclic) bond motifs is 2. The Morgan fingerprint density at radius 1 is 1.21 bits per heavy atom. The minimum atomic E-state index is -0.934. The Morgan fingerprint density at radius 2 is 1.97 bits per heavy atom. The van der Waals surface area contributed by atoms with E-state index in [-0.39, 0.29) is 18.6 Å². The molecule has 9 heteroatoms. The molecule has 4 fully saturated rings. The van der Waals surface area contributed by atoms with E-state index in [1.54, 1.807) is 6.33 Å². The van der Waals surface area contributed by atoms with Gasteiger partial charge in [0.25, 0.3) is 0 Å². The Balaban J connectivity index is 1.37. The van der Waals surface area contributed by atoms with Crippen molar-refractivity contribution >= 4 is 39.6 Å². The molecule has 0 saturated heterocycles. The number of rotatable bonds is 6. The van der Waals surface area contributed by atoms with Crippen molar-refractivity contribution in [3.8, 4) is 0 Å². The first kappa shape index (κ1) is 18.7. The number of aliphatic hydroxyl groups excluding tert-OH is 3. The van der Waals surface area contributed by atoms with Crippen LogP contribution in [0.5, 0.6) is 0 Å². The molecular formula is C20H26IN5O3. The van der Waals surface area contributed by atoms with E-state index in [4.69, 9.17) is 0 Å². The second-order valence-corrected chi connectivity index (χ2v) is 10.5. The molecule has 0 spiro atoms. The Hall–Kier alpha value is -1.04. The summed E-state index contributed by atoms with van der Waals surface area (Å²) in [7, 11) is 0. The molecule has 2 aromatic rings. The van der Waals surface area contributed by atoms with Crippen molar-refractivity contribution in [2.45, 2.75) is 62.8 Å². The lowest BCUT2D eigenvalue weighted by molar-refractivity contribution is -0.0300. The van der Waals surface area contributed by atoms with Crippen molar-refractivity contribution in [2.75, 3.05) is 11.9 Å². The number of anilines is 1. The first-order valence-electron chi connectivity index (χ1n) is 10.7. The summed E-state index contributed by atoms with van der Waals surface area (Å²) in [6, 6.07) is 0.124. The van der Waals surface area contributed by atoms with E-state index in [1.807, 2.05) is 4.57 Å². The van der Waals surface area contributed by atoms with E-state index in [2.05, 4.69) is 42.9 Å². The highest BCUT2D eigenvalue weighted by Crippen LogP contribution is 2.67. The van der Waals surface area contributed by atoms with Crippen molar-refractivity contribution < 1.29 is 15.3 Å². The number of halogens is 1. The van der Waals surface area contributed by atoms with Gasteiger partial charge in [-0.05, 0) is 49.9 Å². The highest BCUT2D eigenvalue weighted by atomic mass is 127. The topological polar surface area (TPSA) is 116 Å². The van der Waals surface area contributed by atoms with Crippen molar-refractivity contribution in [3.63, 3.8) is 0 Å². The van der Waals surface area contributed by atoms with Crippen molar-refractivity contribution in [1.29, 1.82) is 0 Å². The number of hydrogen-bond donors (Lipinski definition) is 4. The highest BCUT2D eigenvalue weighted by molar-refractivity contribution is 14.1. The van der Waals surface area contributed by atoms with E-state index in [0.717, 1.165) is 23.2 Å². The maximum atomic E-state index is 10.7. The molecule has 0 amide bonds. The maximum absolute atomic E-state index is 10.7. The number of imidazole rings is 1. The van der Waals surface area contributed by atoms with E-state index in [1.165, 1.54) is 32.1 Å². The molecule has 4 aliphatic carbocycles. The Bertz CT molecular complexity index is 961. The summed E-state index contributed by atoms with van der Waals surface area (Å²) < 4.78 is 2.53. The third-order valence-electron chi connectivity index (χ3n) is 7.95.